The first-order valence-corrected chi connectivity index (χ1v) is 21.7. The second kappa shape index (κ2) is 14.9. The molecule has 5 aliphatic heterocycles. The summed E-state index contributed by atoms with van der Waals surface area (Å²) < 4.78 is 44.0. The van der Waals surface area contributed by atoms with Gasteiger partial charge in [-0.05, 0) is 120 Å². The molecule has 5 aromatic rings. The third-order valence-electron chi connectivity index (χ3n) is 13.9. The van der Waals surface area contributed by atoms with Crippen LogP contribution in [0.5, 0.6) is 17.2 Å². The van der Waals surface area contributed by atoms with Gasteiger partial charge in [-0.3, -0.25) is 4.79 Å². The van der Waals surface area contributed by atoms with E-state index in [1.165, 1.54) is 30.3 Å². The van der Waals surface area contributed by atoms with Gasteiger partial charge in [0.05, 0.1) is 33.5 Å². The van der Waals surface area contributed by atoms with E-state index in [2.05, 4.69) is 0 Å². The maximum Gasteiger partial charge on any atom is 0.494 e. The minimum Gasteiger partial charge on any atom is -0.508 e. The lowest BCUT2D eigenvalue weighted by atomic mass is 9.72. The summed E-state index contributed by atoms with van der Waals surface area (Å²) >= 11 is 0. The molecule has 0 saturated carbocycles. The number of aromatic carboxylic acids is 1. The molecule has 1 spiro atoms. The van der Waals surface area contributed by atoms with Crippen molar-refractivity contribution in [3.8, 4) is 39.7 Å². The molecule has 2 saturated heterocycles. The molecule has 14 heteroatoms. The van der Waals surface area contributed by atoms with Crippen molar-refractivity contribution >= 4 is 48.1 Å². The Morgan fingerprint density at radius 3 is 1.68 bits per heavy atom. The highest BCUT2D eigenvalue weighted by atomic mass is 16.7. The van der Waals surface area contributed by atoms with Crippen molar-refractivity contribution in [3.05, 3.63) is 159 Å². The van der Waals surface area contributed by atoms with Crippen molar-refractivity contribution in [3.63, 3.8) is 0 Å². The van der Waals surface area contributed by atoms with Crippen molar-refractivity contribution in [2.24, 2.45) is 0 Å². The number of carboxylic acid groups (broad SMARTS) is 1. The van der Waals surface area contributed by atoms with Gasteiger partial charge in [0.25, 0.3) is 0 Å². The van der Waals surface area contributed by atoms with Crippen molar-refractivity contribution in [1.29, 1.82) is 0 Å². The molecule has 12 nitrogen and oxygen atoms in total. The average Bonchev–Trinajstić information content (AvgIpc) is 3.78. The Morgan fingerprint density at radius 2 is 1.11 bits per heavy atom. The third kappa shape index (κ3) is 6.73. The molecule has 5 aromatic carbocycles. The zero-order chi connectivity index (χ0) is 46.7. The van der Waals surface area contributed by atoms with Crippen LogP contribution < -0.4 is 21.1 Å². The molecule has 0 radical (unpaired) electrons. The molecule has 0 bridgehead atoms. The second-order valence-corrected chi connectivity index (χ2v) is 19.1. The minimum absolute atomic E-state index is 0.0198. The molecule has 1 aliphatic carbocycles. The number of benzene rings is 6. The van der Waals surface area contributed by atoms with Crippen LogP contribution in [0.4, 0.5) is 0 Å². The summed E-state index contributed by atoms with van der Waals surface area (Å²) in [6.07, 6.45) is 0. The standard InChI is InChI=1S/C32H34B2O7.C20H12O5/c1-28(2)29(3,4)39-33(38-28)19-13-15-23-25(17-19)36-26-18-20(34-40-30(5,6)31(7,8)41-34)14-16-24(26)32(23)22-12-10-9-11-21(22)27(35)37-32;21-11-5-7-15-17(9-11)25-18-10-12(22)6-8-16(18)19(15)13-3-1-2-4-14(13)20(23)24/h9-18H,1-8H3;1-10,21H,(H,23,24). The van der Waals surface area contributed by atoms with E-state index in [9.17, 15) is 24.6 Å². The monoisotopic (exact) mass is 884 g/mol. The molecule has 0 atom stereocenters. The summed E-state index contributed by atoms with van der Waals surface area (Å²) in [7, 11) is -1.14. The molecule has 6 aliphatic rings. The average molecular weight is 885 g/mol. The Hall–Kier alpha value is -6.70. The highest BCUT2D eigenvalue weighted by Crippen LogP contribution is 2.56. The predicted octanol–water partition coefficient (Wildman–Crippen LogP) is 8.82. The second-order valence-electron chi connectivity index (χ2n) is 19.1. The number of carbonyl (C=O) groups is 2. The number of fused-ring (bicyclic) bond motifs is 8. The highest BCUT2D eigenvalue weighted by Gasteiger charge is 2.56. The lowest BCUT2D eigenvalue weighted by molar-refractivity contribution is 0.00578. The van der Waals surface area contributed by atoms with Crippen molar-refractivity contribution in [2.45, 2.75) is 83.4 Å². The number of esters is 1. The zero-order valence-electron chi connectivity index (χ0n) is 37.7. The van der Waals surface area contributed by atoms with Gasteiger partial charge < -0.3 is 42.7 Å². The van der Waals surface area contributed by atoms with Gasteiger partial charge in [0, 0.05) is 45.3 Å². The van der Waals surface area contributed by atoms with Crippen LogP contribution in [-0.4, -0.2) is 58.8 Å². The number of hydrogen-bond acceptors (Lipinski definition) is 11. The van der Waals surface area contributed by atoms with E-state index < -0.39 is 48.2 Å². The van der Waals surface area contributed by atoms with Crippen LogP contribution in [0.15, 0.2) is 131 Å². The number of phenols is 1. The van der Waals surface area contributed by atoms with E-state index in [4.69, 9.17) is 32.5 Å². The van der Waals surface area contributed by atoms with Crippen LogP contribution >= 0.6 is 0 Å². The first-order chi connectivity index (χ1) is 31.2. The van der Waals surface area contributed by atoms with E-state index >= 15 is 0 Å². The smallest absolute Gasteiger partial charge is 0.494 e. The predicted molar refractivity (Wildman–Crippen MR) is 249 cm³/mol. The Kier molecular flexibility index (Phi) is 9.76. The lowest BCUT2D eigenvalue weighted by Gasteiger charge is -2.37. The molecular weight excluding hydrogens is 838 g/mol. The van der Waals surface area contributed by atoms with E-state index in [0.717, 1.165) is 27.6 Å². The number of rotatable bonds is 4. The van der Waals surface area contributed by atoms with E-state index in [1.54, 1.807) is 36.4 Å². The Morgan fingerprint density at radius 1 is 0.561 bits per heavy atom. The van der Waals surface area contributed by atoms with Gasteiger partial charge in [0.2, 0.25) is 0 Å². The summed E-state index contributed by atoms with van der Waals surface area (Å²) in [6.45, 7) is 16.2. The zero-order valence-corrected chi connectivity index (χ0v) is 37.7. The quantitative estimate of drug-likeness (QED) is 0.0984. The van der Waals surface area contributed by atoms with Crippen LogP contribution in [0, 0.1) is 0 Å². The topological polar surface area (TPSA) is 160 Å². The summed E-state index contributed by atoms with van der Waals surface area (Å²) in [5.74, 6) is 0.0779. The van der Waals surface area contributed by atoms with E-state index in [-0.39, 0.29) is 22.7 Å². The number of hydrogen-bond donors (Lipinski definition) is 2. The van der Waals surface area contributed by atoms with Gasteiger partial charge in [0.1, 0.15) is 28.6 Å². The SMILES string of the molecule is CC1(C)OB(c2ccc3c(c2)Oc2cc(B4OC(C)(C)C(C)(C)O4)ccc2C32OC(=O)c3ccccc32)OC1(C)C.O=C(O)c1ccccc1-c1c2ccc(=O)cc-2oc2cc(O)ccc12. The molecule has 332 valence electrons. The van der Waals surface area contributed by atoms with Gasteiger partial charge in [-0.15, -0.1) is 0 Å². The number of carboxylic acids is 1. The van der Waals surface area contributed by atoms with Crippen LogP contribution in [0.25, 0.3) is 33.4 Å². The van der Waals surface area contributed by atoms with Crippen LogP contribution in [-0.2, 0) is 29.0 Å². The molecule has 11 rings (SSSR count). The molecule has 66 heavy (non-hydrogen) atoms. The van der Waals surface area contributed by atoms with Gasteiger partial charge >= 0.3 is 26.2 Å². The molecule has 2 N–H and O–H groups in total. The van der Waals surface area contributed by atoms with Gasteiger partial charge in [0.15, 0.2) is 11.0 Å². The fraction of sp³-hybridized carbons (Fsp3) is 0.250. The number of aromatic hydroxyl groups is 1. The largest absolute Gasteiger partial charge is 0.508 e. The number of phenolic OH excluding ortho intramolecular Hbond substituents is 1. The minimum atomic E-state index is -1.17. The fourth-order valence-corrected chi connectivity index (χ4v) is 9.00. The first kappa shape index (κ1) is 43.2. The van der Waals surface area contributed by atoms with Crippen LogP contribution in [0.2, 0.25) is 0 Å². The van der Waals surface area contributed by atoms with Crippen LogP contribution in [0.1, 0.15) is 92.8 Å². The van der Waals surface area contributed by atoms with Gasteiger partial charge in [-0.25, -0.2) is 9.59 Å². The first-order valence-electron chi connectivity index (χ1n) is 21.7. The highest BCUT2D eigenvalue weighted by molar-refractivity contribution is 6.62. The molecular formula is C52H46B2O12. The van der Waals surface area contributed by atoms with Crippen molar-refractivity contribution in [1.82, 2.24) is 0 Å². The molecule has 0 amide bonds. The van der Waals surface area contributed by atoms with Gasteiger partial charge in [-0.2, -0.15) is 0 Å². The number of ether oxygens (including phenoxy) is 2. The summed E-state index contributed by atoms with van der Waals surface area (Å²) in [5.41, 5.74) is 3.43. The molecule has 2 fully saturated rings. The third-order valence-corrected chi connectivity index (χ3v) is 13.9. The van der Waals surface area contributed by atoms with Crippen molar-refractivity contribution < 1.29 is 52.3 Å². The Balaban J connectivity index is 0.000000175. The van der Waals surface area contributed by atoms with E-state index in [1.807, 2.05) is 110 Å². The lowest BCUT2D eigenvalue weighted by Crippen LogP contribution is -2.41. The van der Waals surface area contributed by atoms with E-state index in [0.29, 0.717) is 50.5 Å². The molecule has 5 heterocycles. The Labute approximate surface area is 381 Å². The number of carbonyl (C=O) groups excluding carboxylic acids is 1. The summed E-state index contributed by atoms with van der Waals surface area (Å²) in [4.78, 5) is 36.6. The van der Waals surface area contributed by atoms with Crippen molar-refractivity contribution in [2.75, 3.05) is 0 Å². The normalized spacial score (nSPS) is 18.8. The van der Waals surface area contributed by atoms with Crippen LogP contribution in [0.3, 0.4) is 0 Å². The maximum atomic E-state index is 13.3. The maximum absolute atomic E-state index is 13.3. The summed E-state index contributed by atoms with van der Waals surface area (Å²) in [5, 5.41) is 19.9. The Bertz CT molecular complexity index is 3070. The van der Waals surface area contributed by atoms with Gasteiger partial charge in [-0.1, -0.05) is 60.7 Å². The fourth-order valence-electron chi connectivity index (χ4n) is 9.00. The molecule has 0 unspecified atom stereocenters. The summed E-state index contributed by atoms with van der Waals surface area (Å²) in [6, 6.07) is 34.9. The molecule has 0 aromatic heterocycles.